The molecule has 346 valence electrons. The van der Waals surface area contributed by atoms with Crippen molar-refractivity contribution in [3.8, 4) is 11.1 Å². The van der Waals surface area contributed by atoms with Crippen LogP contribution in [0.15, 0.2) is 84.4 Å². The lowest BCUT2D eigenvalue weighted by Crippen LogP contribution is -2.81. The summed E-state index contributed by atoms with van der Waals surface area (Å²) in [6.07, 6.45) is -7.22. The van der Waals surface area contributed by atoms with Gasteiger partial charge in [-0.3, -0.25) is 0 Å². The van der Waals surface area contributed by atoms with Crippen LogP contribution >= 0.6 is 11.3 Å². The van der Waals surface area contributed by atoms with Gasteiger partial charge in [0.25, 0.3) is 0 Å². The molecule has 0 spiro atoms. The van der Waals surface area contributed by atoms with Crippen molar-refractivity contribution in [2.45, 2.75) is 6.54 Å². The minimum absolute atomic E-state index is 0.916. The third-order valence-electron chi connectivity index (χ3n) is 10.6. The molecule has 0 N–H and O–H groups in total. The largest absolute Gasteiger partial charge is 0.226 e. The average molecular weight is 981 g/mol. The van der Waals surface area contributed by atoms with Crippen LogP contribution < -0.4 is 26.4 Å². The Bertz CT molecular complexity index is 2890. The van der Waals surface area contributed by atoms with Crippen molar-refractivity contribution in [2.24, 2.45) is 0 Å². The maximum atomic E-state index is 15.4. The molecule has 0 unspecified atom stereocenters. The van der Waals surface area contributed by atoms with Crippen LogP contribution in [0, 0.1) is 116 Å². The third kappa shape index (κ3) is 7.52. The molecule has 1 aromatic heterocycles. The fourth-order valence-electron chi connectivity index (χ4n) is 7.67. The van der Waals surface area contributed by atoms with E-state index in [4.69, 9.17) is 0 Å². The average Bonchev–Trinajstić information content (AvgIpc) is 3.74. The second-order valence-corrected chi connectivity index (χ2v) is 15.0. The molecule has 67 heavy (non-hydrogen) atoms. The van der Waals surface area contributed by atoms with Gasteiger partial charge in [-0.2, -0.15) is 4.57 Å². The Balaban J connectivity index is 0.000000250. The smallest absolute Gasteiger partial charge is 0.207 e. The van der Waals surface area contributed by atoms with E-state index >= 15 is 35.1 Å². The summed E-state index contributed by atoms with van der Waals surface area (Å²) in [5.41, 5.74) is -6.88. The minimum atomic E-state index is -7.22. The minimum Gasteiger partial charge on any atom is -0.207 e. The van der Waals surface area contributed by atoms with Gasteiger partial charge in [0.05, 0.1) is 0 Å². The summed E-state index contributed by atoms with van der Waals surface area (Å²) in [7, 11) is 0. The zero-order valence-electron chi connectivity index (χ0n) is 32.3. The standard InChI is InChI=1S/C24BF20.C20H16NS/c26-5-1(6(27)14(35)21(42)13(5)34)25(2-7(28)15(36)22(43)16(37)8(2)29,3-9(30)17(38)23(44)18(39)10(3)31)4-11(32)19(40)24(45)20(41)12(4)33;1-3-8-16(9-4-1)14-21-15-22-20-18(12-7-13-19(20)21)17-10-5-2-6-11-17/h;1-13,15H,14H2/q-1;+1. The lowest BCUT2D eigenvalue weighted by atomic mass is 9.12. The molecule has 1 nitrogen and oxygen atoms in total. The maximum absolute atomic E-state index is 15.4. The van der Waals surface area contributed by atoms with E-state index in [9.17, 15) is 52.7 Å². The molecule has 0 aliphatic rings. The highest BCUT2D eigenvalue weighted by Gasteiger charge is 2.52. The lowest BCUT2D eigenvalue weighted by Gasteiger charge is -2.44. The molecule has 0 saturated carbocycles. The van der Waals surface area contributed by atoms with Crippen LogP contribution in [0.1, 0.15) is 5.56 Å². The third-order valence-corrected chi connectivity index (χ3v) is 11.6. The highest BCUT2D eigenvalue weighted by atomic mass is 32.1. The predicted molar refractivity (Wildman–Crippen MR) is 202 cm³/mol. The molecular formula is C44H16BF20NS. The topological polar surface area (TPSA) is 3.88 Å². The number of hydrogen-bond acceptors (Lipinski definition) is 1. The van der Waals surface area contributed by atoms with Gasteiger partial charge >= 0.3 is 0 Å². The molecule has 0 aliphatic carbocycles. The second-order valence-electron chi connectivity index (χ2n) is 14.2. The summed E-state index contributed by atoms with van der Waals surface area (Å²) < 4.78 is 298. The molecular weight excluding hydrogens is 965 g/mol. The first-order valence-corrected chi connectivity index (χ1v) is 19.2. The number of hydrogen-bond donors (Lipinski definition) is 0. The fraction of sp³-hybridized carbons (Fsp3) is 0.0227. The molecule has 0 saturated heterocycles. The van der Waals surface area contributed by atoms with Gasteiger partial charge in [-0.1, -0.05) is 84.1 Å². The zero-order chi connectivity index (χ0) is 49.1. The van der Waals surface area contributed by atoms with Crippen LogP contribution in [0.5, 0.6) is 0 Å². The molecule has 23 heteroatoms. The number of benzene rings is 7. The molecule has 1 heterocycles. The van der Waals surface area contributed by atoms with Gasteiger partial charge in [0.1, 0.15) is 57.4 Å². The molecule has 8 aromatic rings. The normalized spacial score (nSPS) is 11.6. The Labute approximate surface area is 365 Å². The number of nitrogens with zero attached hydrogens (tertiary/aromatic N) is 1. The van der Waals surface area contributed by atoms with Gasteiger partial charge in [-0.25, -0.2) is 87.8 Å². The first-order chi connectivity index (χ1) is 31.6. The molecule has 0 bridgehead atoms. The van der Waals surface area contributed by atoms with Crippen molar-refractivity contribution in [3.05, 3.63) is 206 Å². The van der Waals surface area contributed by atoms with E-state index in [0.717, 1.165) is 6.54 Å². The van der Waals surface area contributed by atoms with E-state index in [0.29, 0.717) is 0 Å². The van der Waals surface area contributed by atoms with Crippen molar-refractivity contribution in [3.63, 3.8) is 0 Å². The van der Waals surface area contributed by atoms with Crippen molar-refractivity contribution in [1.29, 1.82) is 0 Å². The molecule has 0 atom stereocenters. The fourth-order valence-corrected chi connectivity index (χ4v) is 8.71. The van der Waals surface area contributed by atoms with Crippen LogP contribution in [0.2, 0.25) is 0 Å². The molecule has 8 rings (SSSR count). The van der Waals surface area contributed by atoms with E-state index in [2.05, 4.69) is 88.9 Å². The number of thiazole rings is 1. The first-order valence-electron chi connectivity index (χ1n) is 18.3. The highest BCUT2D eigenvalue weighted by molar-refractivity contribution is 7.20. The molecule has 0 amide bonds. The summed E-state index contributed by atoms with van der Waals surface area (Å²) in [5, 5.41) is 0. The first kappa shape index (κ1) is 48.0. The SMILES string of the molecule is Fc1c(F)c(F)c([B-](c2c(F)c(F)c(F)c(F)c2F)(c2c(F)c(F)c(F)c(F)c2F)c2c(F)c(F)c(F)c(F)c2F)c(F)c1F.c1ccc(C[n+]2csc3c(-c4ccccc4)cccc32)cc1. The van der Waals surface area contributed by atoms with Gasteiger partial charge in [0.2, 0.25) is 11.0 Å². The van der Waals surface area contributed by atoms with Crippen LogP contribution in [0.3, 0.4) is 0 Å². The van der Waals surface area contributed by atoms with Crippen LogP contribution in [0.4, 0.5) is 87.8 Å². The van der Waals surface area contributed by atoms with Crippen LogP contribution in [-0.4, -0.2) is 6.15 Å². The van der Waals surface area contributed by atoms with Gasteiger partial charge < -0.3 is 0 Å². The van der Waals surface area contributed by atoms with Crippen molar-refractivity contribution >= 4 is 49.6 Å². The monoisotopic (exact) mass is 981 g/mol. The number of aromatic nitrogens is 1. The summed E-state index contributed by atoms with van der Waals surface area (Å²) in [6, 6.07) is 27.8. The van der Waals surface area contributed by atoms with E-state index in [1.165, 1.54) is 26.9 Å². The predicted octanol–water partition coefficient (Wildman–Crippen LogP) is 10.8. The highest BCUT2D eigenvalue weighted by Crippen LogP contribution is 2.32. The Kier molecular flexibility index (Phi) is 12.9. The van der Waals surface area contributed by atoms with Gasteiger partial charge in [0, 0.05) is 17.2 Å². The van der Waals surface area contributed by atoms with Crippen molar-refractivity contribution in [2.75, 3.05) is 0 Å². The molecule has 0 radical (unpaired) electrons. The number of rotatable bonds is 7. The van der Waals surface area contributed by atoms with E-state index in [1.807, 2.05) is 11.3 Å². The number of halogens is 20. The van der Waals surface area contributed by atoms with Crippen LogP contribution in [-0.2, 0) is 6.54 Å². The maximum Gasteiger partial charge on any atom is 0.226 e. The van der Waals surface area contributed by atoms with E-state index in [1.54, 1.807) is 0 Å². The van der Waals surface area contributed by atoms with Crippen molar-refractivity contribution < 1.29 is 92.4 Å². The Morgan fingerprint density at radius 2 is 0.627 bits per heavy atom. The lowest BCUT2D eigenvalue weighted by molar-refractivity contribution is -0.658. The van der Waals surface area contributed by atoms with Crippen LogP contribution in [0.25, 0.3) is 21.3 Å². The van der Waals surface area contributed by atoms with E-state index in [-0.39, 0.29) is 0 Å². The van der Waals surface area contributed by atoms with Gasteiger partial charge in [-0.05, 0) is 5.56 Å². The van der Waals surface area contributed by atoms with Gasteiger partial charge in [-0.15, -0.1) is 21.9 Å². The summed E-state index contributed by atoms with van der Waals surface area (Å²) in [5.74, 6) is -71.4. The Morgan fingerprint density at radius 1 is 0.328 bits per heavy atom. The Morgan fingerprint density at radius 3 is 0.955 bits per heavy atom. The number of fused-ring (bicyclic) bond motifs is 1. The molecule has 0 aliphatic heterocycles. The molecule has 0 fully saturated rings. The van der Waals surface area contributed by atoms with E-state index < -0.39 is 144 Å². The summed E-state index contributed by atoms with van der Waals surface area (Å²) >= 11 is 1.82. The molecule has 7 aromatic carbocycles. The zero-order valence-corrected chi connectivity index (χ0v) is 33.1. The summed E-state index contributed by atoms with van der Waals surface area (Å²) in [6.45, 7) is 0.916. The quantitative estimate of drug-likeness (QED) is 0.0493. The van der Waals surface area contributed by atoms with Gasteiger partial charge in [0.15, 0.2) is 76.4 Å². The Hall–Kier alpha value is -6.91. The van der Waals surface area contributed by atoms with Crippen molar-refractivity contribution in [1.82, 2.24) is 0 Å². The summed E-state index contributed by atoms with van der Waals surface area (Å²) in [4.78, 5) is 0. The second kappa shape index (κ2) is 18.1.